The summed E-state index contributed by atoms with van der Waals surface area (Å²) in [4.78, 5) is 28.3. The lowest BCUT2D eigenvalue weighted by molar-refractivity contribution is 0.0532. The maximum Gasteiger partial charge on any atom is 0.281 e. The van der Waals surface area contributed by atoms with Gasteiger partial charge in [-0.05, 0) is 62.2 Å². The van der Waals surface area contributed by atoms with Crippen molar-refractivity contribution in [2.24, 2.45) is 0 Å². The quantitative estimate of drug-likeness (QED) is 0.657. The fourth-order valence-corrected chi connectivity index (χ4v) is 4.20. The van der Waals surface area contributed by atoms with Gasteiger partial charge in [-0.1, -0.05) is 0 Å². The third kappa shape index (κ3) is 4.29. The second-order valence-electron chi connectivity index (χ2n) is 8.34. The van der Waals surface area contributed by atoms with Crippen molar-refractivity contribution in [1.82, 2.24) is 20.3 Å². The lowest BCUT2D eigenvalue weighted by atomic mass is 10.0. The van der Waals surface area contributed by atoms with E-state index in [9.17, 15) is 4.79 Å². The molecule has 8 heteroatoms. The minimum atomic E-state index is -0.315. The van der Waals surface area contributed by atoms with Gasteiger partial charge in [-0.3, -0.25) is 4.79 Å². The Bertz CT molecular complexity index is 1240. The van der Waals surface area contributed by atoms with Crippen LogP contribution in [0.3, 0.4) is 0 Å². The summed E-state index contributed by atoms with van der Waals surface area (Å²) in [7, 11) is 0. The highest BCUT2D eigenvalue weighted by molar-refractivity contribution is 6.05. The number of hydrogen-bond acceptors (Lipinski definition) is 7. The minimum Gasteiger partial charge on any atom is -0.375 e. The Balaban J connectivity index is 1.50. The molecule has 1 amide bonds. The van der Waals surface area contributed by atoms with E-state index in [0.29, 0.717) is 22.9 Å². The van der Waals surface area contributed by atoms with Gasteiger partial charge in [0.1, 0.15) is 11.6 Å². The van der Waals surface area contributed by atoms with Crippen LogP contribution in [0, 0.1) is 13.8 Å². The van der Waals surface area contributed by atoms with Gasteiger partial charge in [0.15, 0.2) is 0 Å². The molecule has 0 aliphatic carbocycles. The Morgan fingerprint density at radius 1 is 1.15 bits per heavy atom. The van der Waals surface area contributed by atoms with E-state index >= 15 is 0 Å². The molecular weight excluding hydrogens is 416 g/mol. The Hall–Kier alpha value is -3.78. The normalized spacial score (nSPS) is 17.5. The van der Waals surface area contributed by atoms with Crippen LogP contribution in [0.4, 0.5) is 17.2 Å². The van der Waals surface area contributed by atoms with E-state index in [1.54, 1.807) is 12.4 Å². The van der Waals surface area contributed by atoms with Gasteiger partial charge in [-0.25, -0.2) is 20.3 Å². The Morgan fingerprint density at radius 2 is 1.97 bits per heavy atom. The molecule has 1 saturated heterocycles. The van der Waals surface area contributed by atoms with Gasteiger partial charge in [-0.2, -0.15) is 0 Å². The molecule has 1 aromatic carbocycles. The Kier molecular flexibility index (Phi) is 5.51. The number of ether oxygens (including phenoxy) is 1. The van der Waals surface area contributed by atoms with Crippen LogP contribution in [0.1, 0.15) is 34.2 Å². The number of nitrogens with one attached hydrogen (secondary N) is 1. The van der Waals surface area contributed by atoms with E-state index in [2.05, 4.69) is 51.5 Å². The highest BCUT2D eigenvalue weighted by atomic mass is 16.5. The molecule has 3 aromatic rings. The molecule has 2 aliphatic heterocycles. The fraction of sp³-hybridized carbons (Fsp3) is 0.280. The molecular formula is C25H25N6O2. The summed E-state index contributed by atoms with van der Waals surface area (Å²) in [6.07, 6.45) is 7.02. The average Bonchev–Trinajstić information content (AvgIpc) is 2.79. The monoisotopic (exact) mass is 441 g/mol. The molecule has 2 aliphatic rings. The first-order chi connectivity index (χ1) is 16.0. The number of fused-ring (bicyclic) bond motifs is 1. The van der Waals surface area contributed by atoms with Crippen LogP contribution < -0.4 is 15.5 Å². The summed E-state index contributed by atoms with van der Waals surface area (Å²) in [6, 6.07) is 8.06. The van der Waals surface area contributed by atoms with Gasteiger partial charge in [-0.15, -0.1) is 0 Å². The van der Waals surface area contributed by atoms with Crippen LogP contribution >= 0.6 is 0 Å². The number of nitrogens with zero attached hydrogens (tertiary/aromatic N) is 5. The number of rotatable bonds is 4. The first-order valence-corrected chi connectivity index (χ1v) is 11.0. The van der Waals surface area contributed by atoms with Crippen molar-refractivity contribution in [2.45, 2.75) is 26.9 Å². The number of hydrogen-bond donors (Lipinski definition) is 1. The predicted molar refractivity (Wildman–Crippen MR) is 128 cm³/mol. The largest absolute Gasteiger partial charge is 0.375 e. The highest BCUT2D eigenvalue weighted by Crippen LogP contribution is 2.32. The Labute approximate surface area is 192 Å². The predicted octanol–water partition coefficient (Wildman–Crippen LogP) is 3.85. The van der Waals surface area contributed by atoms with Crippen molar-refractivity contribution >= 4 is 29.2 Å². The molecule has 0 bridgehead atoms. The smallest absolute Gasteiger partial charge is 0.281 e. The zero-order valence-electron chi connectivity index (χ0n) is 18.9. The highest BCUT2D eigenvalue weighted by Gasteiger charge is 2.23. The number of carbonyl (C=O) groups is 1. The molecule has 1 fully saturated rings. The van der Waals surface area contributed by atoms with Gasteiger partial charge >= 0.3 is 0 Å². The molecule has 1 atom stereocenters. The number of pyridine rings is 1. The molecule has 1 radical (unpaired) electrons. The molecule has 2 aromatic heterocycles. The van der Waals surface area contributed by atoms with Crippen molar-refractivity contribution in [3.63, 3.8) is 0 Å². The Morgan fingerprint density at radius 3 is 2.73 bits per heavy atom. The summed E-state index contributed by atoms with van der Waals surface area (Å²) in [5.74, 6) is 0.840. The summed E-state index contributed by atoms with van der Waals surface area (Å²) in [5, 5.41) is 7.30. The molecule has 0 spiro atoms. The number of aryl methyl sites for hydroxylation is 2. The standard InChI is InChI=1S/C25H25N6O2/c1-15-10-20(4-5-22(15)31-8-9-33-16(2)14-31)29-24-23-18(6-7-26-25(23)32)11-21(30-24)19-12-27-17(3)28-13-19/h4-7,10-13,16H,8-9,14H2,1-3H3,(H,29,30)/t16-/m1/s1. The maximum atomic E-state index is 12.6. The van der Waals surface area contributed by atoms with Crippen molar-refractivity contribution < 1.29 is 9.53 Å². The molecule has 0 unspecified atom stereocenters. The van der Waals surface area contributed by atoms with Gasteiger partial charge in [0, 0.05) is 48.6 Å². The van der Waals surface area contributed by atoms with Crippen LogP contribution in [0.25, 0.3) is 17.3 Å². The number of benzene rings is 1. The third-order valence-electron chi connectivity index (χ3n) is 5.83. The molecule has 5 rings (SSSR count). The summed E-state index contributed by atoms with van der Waals surface area (Å²) in [6.45, 7) is 8.48. The zero-order chi connectivity index (χ0) is 22.9. The summed E-state index contributed by atoms with van der Waals surface area (Å²) < 4.78 is 5.67. The average molecular weight is 442 g/mol. The fourth-order valence-electron chi connectivity index (χ4n) is 4.20. The van der Waals surface area contributed by atoms with Crippen molar-refractivity contribution in [3.8, 4) is 11.3 Å². The number of anilines is 3. The van der Waals surface area contributed by atoms with E-state index in [1.807, 2.05) is 25.1 Å². The first kappa shape index (κ1) is 21.1. The second kappa shape index (κ2) is 8.63. The molecule has 1 N–H and O–H groups in total. The third-order valence-corrected chi connectivity index (χ3v) is 5.83. The van der Waals surface area contributed by atoms with E-state index in [1.165, 1.54) is 11.9 Å². The SMILES string of the molecule is Cc1ncc(-c2cc3c(c(Nc4ccc(N5CCO[C@H](C)C5)c(C)c4)n2)C(=O)[N]C=C3)cn1. The van der Waals surface area contributed by atoms with Crippen LogP contribution in [0.15, 0.2) is 42.9 Å². The van der Waals surface area contributed by atoms with Crippen LogP contribution in [-0.4, -0.2) is 46.7 Å². The van der Waals surface area contributed by atoms with Crippen molar-refractivity contribution in [1.29, 1.82) is 0 Å². The van der Waals surface area contributed by atoms with Crippen molar-refractivity contribution in [2.75, 3.05) is 29.9 Å². The summed E-state index contributed by atoms with van der Waals surface area (Å²) >= 11 is 0. The number of carbonyl (C=O) groups excluding carboxylic acids is 1. The minimum absolute atomic E-state index is 0.211. The maximum absolute atomic E-state index is 12.6. The van der Waals surface area contributed by atoms with E-state index in [0.717, 1.165) is 42.1 Å². The molecule has 8 nitrogen and oxygen atoms in total. The van der Waals surface area contributed by atoms with E-state index < -0.39 is 0 Å². The van der Waals surface area contributed by atoms with E-state index in [4.69, 9.17) is 9.72 Å². The van der Waals surface area contributed by atoms with Crippen molar-refractivity contribution in [3.05, 3.63) is 65.4 Å². The second-order valence-corrected chi connectivity index (χ2v) is 8.34. The first-order valence-electron chi connectivity index (χ1n) is 11.0. The lowest BCUT2D eigenvalue weighted by Gasteiger charge is -2.34. The molecule has 4 heterocycles. The van der Waals surface area contributed by atoms with Crippen LogP contribution in [0.5, 0.6) is 0 Å². The van der Waals surface area contributed by atoms with Crippen LogP contribution in [-0.2, 0) is 4.74 Å². The van der Waals surface area contributed by atoms with Gasteiger partial charge < -0.3 is 15.0 Å². The number of amides is 1. The molecule has 33 heavy (non-hydrogen) atoms. The van der Waals surface area contributed by atoms with Gasteiger partial charge in [0.25, 0.3) is 5.91 Å². The molecule has 167 valence electrons. The van der Waals surface area contributed by atoms with Crippen LogP contribution in [0.2, 0.25) is 0 Å². The lowest BCUT2D eigenvalue weighted by Crippen LogP contribution is -2.41. The topological polar surface area (TPSA) is 94.3 Å². The number of aromatic nitrogens is 3. The van der Waals surface area contributed by atoms with Gasteiger partial charge in [0.05, 0.1) is 24.0 Å². The zero-order valence-corrected chi connectivity index (χ0v) is 18.9. The van der Waals surface area contributed by atoms with E-state index in [-0.39, 0.29) is 12.0 Å². The summed E-state index contributed by atoms with van der Waals surface area (Å²) in [5.41, 5.74) is 5.87. The number of morpholine rings is 1. The van der Waals surface area contributed by atoms with Gasteiger partial charge in [0.2, 0.25) is 0 Å². The molecule has 0 saturated carbocycles.